The van der Waals surface area contributed by atoms with E-state index in [-0.39, 0.29) is 13.2 Å². The summed E-state index contributed by atoms with van der Waals surface area (Å²) in [6, 6.07) is 5.40. The average molecular weight is 338 g/mol. The number of benzene rings is 1. The lowest BCUT2D eigenvalue weighted by atomic mass is 10.2. The Labute approximate surface area is 140 Å². The summed E-state index contributed by atoms with van der Waals surface area (Å²) in [5.74, 6) is -0.259. The molecule has 1 aliphatic rings. The molecule has 0 atom stereocenters. The summed E-state index contributed by atoms with van der Waals surface area (Å²) in [6.07, 6.45) is 0. The average Bonchev–Trinajstić information content (AvgIpc) is 2.64. The van der Waals surface area contributed by atoms with Gasteiger partial charge in [-0.25, -0.2) is 9.59 Å². The van der Waals surface area contributed by atoms with Crippen molar-refractivity contribution in [2.75, 3.05) is 58.5 Å². The number of ether oxygens (including phenoxy) is 4. The van der Waals surface area contributed by atoms with Crippen molar-refractivity contribution in [1.29, 1.82) is 0 Å². The van der Waals surface area contributed by atoms with Gasteiger partial charge in [-0.3, -0.25) is 0 Å². The third-order valence-corrected chi connectivity index (χ3v) is 3.56. The smallest absolute Gasteiger partial charge is 0.343 e. The molecule has 132 valence electrons. The Kier molecular flexibility index (Phi) is 6.68. The molecule has 1 N–H and O–H groups in total. The lowest BCUT2D eigenvalue weighted by Gasteiger charge is -2.30. The van der Waals surface area contributed by atoms with Crippen molar-refractivity contribution in [3.63, 3.8) is 0 Å². The van der Waals surface area contributed by atoms with Crippen molar-refractivity contribution in [1.82, 2.24) is 5.32 Å². The molecular formula is C16H22N2O6. The van der Waals surface area contributed by atoms with E-state index in [1.807, 2.05) is 6.07 Å². The van der Waals surface area contributed by atoms with Crippen LogP contribution < -0.4 is 19.7 Å². The molecule has 8 nitrogen and oxygen atoms in total. The lowest BCUT2D eigenvalue weighted by Crippen LogP contribution is -2.43. The molecule has 1 aromatic rings. The maximum Gasteiger partial charge on any atom is 0.343 e. The predicted octanol–water partition coefficient (Wildman–Crippen LogP) is 0.200. The molecule has 0 radical (unpaired) electrons. The molecule has 1 aromatic carbocycles. The standard InChI is InChI=1S/C16H22N2O6/c1-21-15(19)10-23-13-4-3-12(18-7-5-17-6-8-18)9-14(13)24-11-16(20)22-2/h3-4,9,17H,5-8,10-11H2,1-2H3. The molecule has 1 saturated heterocycles. The first-order valence-electron chi connectivity index (χ1n) is 7.63. The summed E-state index contributed by atoms with van der Waals surface area (Å²) in [4.78, 5) is 24.8. The highest BCUT2D eigenvalue weighted by Gasteiger charge is 2.16. The number of hydrogen-bond donors (Lipinski definition) is 1. The van der Waals surface area contributed by atoms with E-state index in [9.17, 15) is 9.59 Å². The molecule has 0 unspecified atom stereocenters. The molecular weight excluding hydrogens is 316 g/mol. The summed E-state index contributed by atoms with van der Waals surface area (Å²) >= 11 is 0. The van der Waals surface area contributed by atoms with Gasteiger partial charge in [-0.2, -0.15) is 0 Å². The Morgan fingerprint density at radius 2 is 1.58 bits per heavy atom. The number of nitrogens with one attached hydrogen (secondary N) is 1. The predicted molar refractivity (Wildman–Crippen MR) is 86.5 cm³/mol. The largest absolute Gasteiger partial charge is 0.478 e. The molecule has 0 aliphatic carbocycles. The van der Waals surface area contributed by atoms with Gasteiger partial charge in [0.2, 0.25) is 0 Å². The molecule has 1 heterocycles. The van der Waals surface area contributed by atoms with Crippen molar-refractivity contribution in [3.05, 3.63) is 18.2 Å². The highest BCUT2D eigenvalue weighted by Crippen LogP contribution is 2.32. The highest BCUT2D eigenvalue weighted by atomic mass is 16.6. The number of esters is 2. The minimum Gasteiger partial charge on any atom is -0.478 e. The van der Waals surface area contributed by atoms with Crippen LogP contribution in [0.25, 0.3) is 0 Å². The number of carbonyl (C=O) groups excluding carboxylic acids is 2. The number of carbonyl (C=O) groups is 2. The number of anilines is 1. The zero-order chi connectivity index (χ0) is 17.4. The third kappa shape index (κ3) is 5.02. The van der Waals surface area contributed by atoms with E-state index >= 15 is 0 Å². The molecule has 0 amide bonds. The first kappa shape index (κ1) is 17.9. The summed E-state index contributed by atoms with van der Waals surface area (Å²) in [5.41, 5.74) is 0.960. The van der Waals surface area contributed by atoms with Crippen LogP contribution in [0.15, 0.2) is 18.2 Å². The van der Waals surface area contributed by atoms with Crippen LogP contribution in [-0.2, 0) is 19.1 Å². The maximum absolute atomic E-state index is 11.3. The SMILES string of the molecule is COC(=O)COc1ccc(N2CCNCC2)cc1OCC(=O)OC. The van der Waals surface area contributed by atoms with Crippen LogP contribution in [0.1, 0.15) is 0 Å². The van der Waals surface area contributed by atoms with Gasteiger partial charge in [0.25, 0.3) is 0 Å². The Morgan fingerprint density at radius 1 is 1.00 bits per heavy atom. The molecule has 0 bridgehead atoms. The minimum atomic E-state index is -0.500. The van der Waals surface area contributed by atoms with Gasteiger partial charge in [-0.15, -0.1) is 0 Å². The van der Waals surface area contributed by atoms with E-state index in [0.717, 1.165) is 31.9 Å². The summed E-state index contributed by atoms with van der Waals surface area (Å²) < 4.78 is 20.0. The van der Waals surface area contributed by atoms with Crippen LogP contribution in [0.5, 0.6) is 11.5 Å². The molecule has 0 spiro atoms. The Balaban J connectivity index is 2.14. The van der Waals surface area contributed by atoms with E-state index < -0.39 is 11.9 Å². The van der Waals surface area contributed by atoms with Crippen molar-refractivity contribution < 1.29 is 28.5 Å². The number of piperazine rings is 1. The first-order chi connectivity index (χ1) is 11.6. The monoisotopic (exact) mass is 338 g/mol. The summed E-state index contributed by atoms with van der Waals surface area (Å²) in [7, 11) is 2.57. The Bertz CT molecular complexity index is 572. The first-order valence-corrected chi connectivity index (χ1v) is 7.63. The molecule has 8 heteroatoms. The fourth-order valence-electron chi connectivity index (χ4n) is 2.24. The van der Waals surface area contributed by atoms with Crippen molar-refractivity contribution >= 4 is 17.6 Å². The van der Waals surface area contributed by atoms with Gasteiger partial charge in [0, 0.05) is 37.9 Å². The third-order valence-electron chi connectivity index (χ3n) is 3.56. The van der Waals surface area contributed by atoms with Gasteiger partial charge in [0.1, 0.15) is 0 Å². The molecule has 0 saturated carbocycles. The maximum atomic E-state index is 11.3. The normalized spacial score (nSPS) is 14.0. The van der Waals surface area contributed by atoms with E-state index in [4.69, 9.17) is 9.47 Å². The van der Waals surface area contributed by atoms with E-state index in [2.05, 4.69) is 19.7 Å². The molecule has 2 rings (SSSR count). The number of hydrogen-bond acceptors (Lipinski definition) is 8. The molecule has 0 aromatic heterocycles. The van der Waals surface area contributed by atoms with Crippen LogP contribution in [0.2, 0.25) is 0 Å². The van der Waals surface area contributed by atoms with Crippen LogP contribution in [0.3, 0.4) is 0 Å². The lowest BCUT2D eigenvalue weighted by molar-refractivity contribution is -0.144. The van der Waals surface area contributed by atoms with Gasteiger partial charge in [-0.05, 0) is 12.1 Å². The van der Waals surface area contributed by atoms with Crippen molar-refractivity contribution in [2.45, 2.75) is 0 Å². The molecule has 1 aliphatic heterocycles. The van der Waals surface area contributed by atoms with Gasteiger partial charge in [0.05, 0.1) is 14.2 Å². The Morgan fingerprint density at radius 3 is 2.17 bits per heavy atom. The topological polar surface area (TPSA) is 86.3 Å². The van der Waals surface area contributed by atoms with Crippen LogP contribution in [0, 0.1) is 0 Å². The zero-order valence-electron chi connectivity index (χ0n) is 13.9. The van der Waals surface area contributed by atoms with Gasteiger partial charge in [-0.1, -0.05) is 0 Å². The van der Waals surface area contributed by atoms with Crippen LogP contribution in [-0.4, -0.2) is 65.6 Å². The highest BCUT2D eigenvalue weighted by molar-refractivity contribution is 5.72. The number of nitrogens with zero attached hydrogens (tertiary/aromatic N) is 1. The van der Waals surface area contributed by atoms with E-state index in [1.54, 1.807) is 12.1 Å². The quantitative estimate of drug-likeness (QED) is 0.706. The fourth-order valence-corrected chi connectivity index (χ4v) is 2.24. The Hall–Kier alpha value is -2.48. The summed E-state index contributed by atoms with van der Waals surface area (Å²) in [6.45, 7) is 3.07. The second-order valence-electron chi connectivity index (χ2n) is 5.10. The van der Waals surface area contributed by atoms with E-state index in [1.165, 1.54) is 14.2 Å². The second kappa shape index (κ2) is 8.97. The number of rotatable bonds is 7. The van der Waals surface area contributed by atoms with Gasteiger partial charge < -0.3 is 29.2 Å². The van der Waals surface area contributed by atoms with Crippen molar-refractivity contribution in [3.8, 4) is 11.5 Å². The number of methoxy groups -OCH3 is 2. The molecule has 1 fully saturated rings. The van der Waals surface area contributed by atoms with Crippen LogP contribution >= 0.6 is 0 Å². The fraction of sp³-hybridized carbons (Fsp3) is 0.500. The van der Waals surface area contributed by atoms with Crippen LogP contribution in [0.4, 0.5) is 5.69 Å². The van der Waals surface area contributed by atoms with Gasteiger partial charge >= 0.3 is 11.9 Å². The van der Waals surface area contributed by atoms with Crippen molar-refractivity contribution in [2.24, 2.45) is 0 Å². The zero-order valence-corrected chi connectivity index (χ0v) is 13.9. The van der Waals surface area contributed by atoms with Gasteiger partial charge in [0.15, 0.2) is 24.7 Å². The molecule has 24 heavy (non-hydrogen) atoms. The van der Waals surface area contributed by atoms with E-state index in [0.29, 0.717) is 11.5 Å². The second-order valence-corrected chi connectivity index (χ2v) is 5.10. The summed E-state index contributed by atoms with van der Waals surface area (Å²) in [5, 5.41) is 3.29. The minimum absolute atomic E-state index is 0.238.